The van der Waals surface area contributed by atoms with Crippen LogP contribution in [0.1, 0.15) is 0 Å². The lowest BCUT2D eigenvalue weighted by atomic mass is 10.3. The molecule has 19 heavy (non-hydrogen) atoms. The number of anilines is 1. The molecule has 0 saturated carbocycles. The summed E-state index contributed by atoms with van der Waals surface area (Å²) in [7, 11) is 2.49. The van der Waals surface area contributed by atoms with Crippen molar-refractivity contribution in [3.05, 3.63) is 22.2 Å². The summed E-state index contributed by atoms with van der Waals surface area (Å²) in [4.78, 5) is 25.3. The van der Waals surface area contributed by atoms with Crippen LogP contribution in [0.2, 0.25) is 0 Å². The van der Waals surface area contributed by atoms with Gasteiger partial charge in [0.25, 0.3) is 0 Å². The number of aliphatic hydroxyl groups excluding tert-OH is 1. The normalized spacial score (nSPS) is 11.5. The van der Waals surface area contributed by atoms with Crippen molar-refractivity contribution < 1.29 is 24.3 Å². The van der Waals surface area contributed by atoms with Crippen LogP contribution in [-0.2, 0) is 9.53 Å². The smallest absolute Gasteiger partial charge is 0.330 e. The van der Waals surface area contributed by atoms with Crippen molar-refractivity contribution in [2.75, 3.05) is 26.1 Å². The Labute approximate surface area is 108 Å². The van der Waals surface area contributed by atoms with Crippen LogP contribution in [-0.4, -0.2) is 47.9 Å². The maximum absolute atomic E-state index is 11.3. The van der Waals surface area contributed by atoms with E-state index in [4.69, 9.17) is 9.84 Å². The lowest BCUT2D eigenvalue weighted by Gasteiger charge is -2.14. The number of methoxy groups -OCH3 is 2. The second kappa shape index (κ2) is 6.50. The molecule has 0 aromatic carbocycles. The van der Waals surface area contributed by atoms with Crippen molar-refractivity contribution in [1.82, 2.24) is 4.98 Å². The highest BCUT2D eigenvalue weighted by Gasteiger charge is 2.24. The predicted octanol–water partition coefficient (Wildman–Crippen LogP) is -0.0558. The Kier molecular flexibility index (Phi) is 5.01. The lowest BCUT2D eigenvalue weighted by Crippen LogP contribution is -2.34. The van der Waals surface area contributed by atoms with Crippen LogP contribution in [0.25, 0.3) is 0 Å². The number of rotatable bonds is 6. The Bertz CT molecular complexity index is 478. The van der Waals surface area contributed by atoms with Crippen LogP contribution in [0.15, 0.2) is 12.1 Å². The number of hydrogen-bond donors (Lipinski definition) is 2. The molecule has 1 unspecified atom stereocenters. The average molecular weight is 271 g/mol. The Morgan fingerprint density at radius 2 is 2.26 bits per heavy atom. The monoisotopic (exact) mass is 271 g/mol. The lowest BCUT2D eigenvalue weighted by molar-refractivity contribution is -0.384. The van der Waals surface area contributed by atoms with Crippen molar-refractivity contribution in [1.29, 1.82) is 0 Å². The maximum Gasteiger partial charge on any atom is 0.330 e. The van der Waals surface area contributed by atoms with E-state index in [1.165, 1.54) is 19.2 Å². The minimum absolute atomic E-state index is 0.134. The van der Waals surface area contributed by atoms with Gasteiger partial charge in [0.15, 0.2) is 0 Å². The number of aliphatic hydroxyl groups is 1. The van der Waals surface area contributed by atoms with Gasteiger partial charge < -0.3 is 19.9 Å². The van der Waals surface area contributed by atoms with Crippen molar-refractivity contribution >= 4 is 17.5 Å². The number of aromatic nitrogens is 1. The zero-order valence-electron chi connectivity index (χ0n) is 10.3. The molecule has 0 aliphatic rings. The van der Waals surface area contributed by atoms with Gasteiger partial charge in [0.05, 0.1) is 25.7 Å². The third-order valence-electron chi connectivity index (χ3n) is 2.23. The van der Waals surface area contributed by atoms with E-state index in [1.807, 2.05) is 0 Å². The minimum Gasteiger partial charge on any atom is -0.481 e. The standard InChI is InChI=1S/C10H13N3O6/c1-18-8-4-3-7(13(16)17)9(12-8)11-6(5-14)10(15)19-2/h3-4,6,14H,5H2,1-2H3,(H,11,12). The molecule has 0 spiro atoms. The van der Waals surface area contributed by atoms with Crippen LogP contribution in [0.4, 0.5) is 11.5 Å². The molecule has 0 aliphatic heterocycles. The average Bonchev–Trinajstić information content (AvgIpc) is 2.43. The first-order chi connectivity index (χ1) is 9.03. The van der Waals surface area contributed by atoms with E-state index in [9.17, 15) is 14.9 Å². The second-order valence-corrected chi connectivity index (χ2v) is 3.38. The number of nitrogens with one attached hydrogen (secondary N) is 1. The molecule has 0 aliphatic carbocycles. The number of pyridine rings is 1. The Morgan fingerprint density at radius 3 is 2.74 bits per heavy atom. The molecule has 0 amide bonds. The van der Waals surface area contributed by atoms with Gasteiger partial charge >= 0.3 is 11.7 Å². The fraction of sp³-hybridized carbons (Fsp3) is 0.400. The molecule has 2 N–H and O–H groups in total. The van der Waals surface area contributed by atoms with Crippen LogP contribution < -0.4 is 10.1 Å². The van der Waals surface area contributed by atoms with Gasteiger partial charge in [0.1, 0.15) is 6.04 Å². The quantitative estimate of drug-likeness (QED) is 0.419. The van der Waals surface area contributed by atoms with Gasteiger partial charge in [0, 0.05) is 12.1 Å². The first kappa shape index (κ1) is 14.6. The van der Waals surface area contributed by atoms with E-state index in [-0.39, 0.29) is 17.4 Å². The molecular weight excluding hydrogens is 258 g/mol. The summed E-state index contributed by atoms with van der Waals surface area (Å²) in [5.74, 6) is -0.815. The van der Waals surface area contributed by atoms with E-state index in [2.05, 4.69) is 15.0 Å². The van der Waals surface area contributed by atoms with Crippen LogP contribution in [0.5, 0.6) is 5.88 Å². The van der Waals surface area contributed by atoms with Crippen molar-refractivity contribution in [3.8, 4) is 5.88 Å². The summed E-state index contributed by atoms with van der Waals surface area (Å²) in [6.45, 7) is -0.595. The van der Waals surface area contributed by atoms with Gasteiger partial charge in [0.2, 0.25) is 11.7 Å². The van der Waals surface area contributed by atoms with Gasteiger partial charge in [-0.1, -0.05) is 0 Å². The fourth-order valence-electron chi connectivity index (χ4n) is 1.29. The number of esters is 1. The zero-order valence-corrected chi connectivity index (χ0v) is 10.3. The van der Waals surface area contributed by atoms with Gasteiger partial charge in [-0.3, -0.25) is 10.1 Å². The summed E-state index contributed by atoms with van der Waals surface area (Å²) in [5, 5.41) is 22.3. The number of nitro groups is 1. The number of hydrogen-bond acceptors (Lipinski definition) is 8. The van der Waals surface area contributed by atoms with Crippen LogP contribution >= 0.6 is 0 Å². The van der Waals surface area contributed by atoms with Crippen molar-refractivity contribution in [2.45, 2.75) is 6.04 Å². The summed E-state index contributed by atoms with van der Waals surface area (Å²) >= 11 is 0. The second-order valence-electron chi connectivity index (χ2n) is 3.38. The van der Waals surface area contributed by atoms with Gasteiger partial charge in [-0.2, -0.15) is 4.98 Å². The summed E-state index contributed by atoms with van der Waals surface area (Å²) < 4.78 is 9.28. The fourth-order valence-corrected chi connectivity index (χ4v) is 1.29. The van der Waals surface area contributed by atoms with E-state index in [1.54, 1.807) is 0 Å². The molecule has 1 heterocycles. The molecule has 0 radical (unpaired) electrons. The van der Waals surface area contributed by atoms with Gasteiger partial charge in [-0.15, -0.1) is 0 Å². The van der Waals surface area contributed by atoms with E-state index < -0.39 is 23.5 Å². The molecule has 104 valence electrons. The molecule has 1 aromatic rings. The third-order valence-corrected chi connectivity index (χ3v) is 2.23. The highest BCUT2D eigenvalue weighted by molar-refractivity contribution is 5.80. The van der Waals surface area contributed by atoms with E-state index in [0.717, 1.165) is 7.11 Å². The van der Waals surface area contributed by atoms with Crippen LogP contribution in [0.3, 0.4) is 0 Å². The highest BCUT2D eigenvalue weighted by Crippen LogP contribution is 2.25. The Balaban J connectivity index is 3.08. The molecule has 0 bridgehead atoms. The summed E-state index contributed by atoms with van der Waals surface area (Å²) in [5.41, 5.74) is -0.344. The van der Waals surface area contributed by atoms with E-state index >= 15 is 0 Å². The molecular formula is C10H13N3O6. The minimum atomic E-state index is -1.15. The molecule has 1 aromatic heterocycles. The van der Waals surface area contributed by atoms with Crippen molar-refractivity contribution in [2.24, 2.45) is 0 Å². The number of ether oxygens (including phenoxy) is 2. The zero-order chi connectivity index (χ0) is 14.4. The number of carbonyl (C=O) groups excluding carboxylic acids is 1. The van der Waals surface area contributed by atoms with E-state index in [0.29, 0.717) is 0 Å². The molecule has 1 atom stereocenters. The Hall–Kier alpha value is -2.42. The number of carbonyl (C=O) groups is 1. The summed E-state index contributed by atoms with van der Waals surface area (Å²) in [6.07, 6.45) is 0. The van der Waals surface area contributed by atoms with Crippen LogP contribution in [0, 0.1) is 10.1 Å². The molecule has 0 saturated heterocycles. The first-order valence-electron chi connectivity index (χ1n) is 5.18. The maximum atomic E-state index is 11.3. The predicted molar refractivity (Wildman–Crippen MR) is 64.0 cm³/mol. The highest BCUT2D eigenvalue weighted by atomic mass is 16.6. The molecule has 9 heteroatoms. The van der Waals surface area contributed by atoms with Crippen molar-refractivity contribution in [3.63, 3.8) is 0 Å². The first-order valence-corrected chi connectivity index (χ1v) is 5.18. The van der Waals surface area contributed by atoms with Gasteiger partial charge in [-0.05, 0) is 0 Å². The topological polar surface area (TPSA) is 124 Å². The SMILES string of the molecule is COC(=O)C(CO)Nc1nc(OC)ccc1[N+](=O)[O-]. The molecule has 1 rings (SSSR count). The van der Waals surface area contributed by atoms with Gasteiger partial charge in [-0.25, -0.2) is 4.79 Å². The molecule has 0 fully saturated rings. The number of nitrogens with zero attached hydrogens (tertiary/aromatic N) is 2. The summed E-state index contributed by atoms with van der Waals surface area (Å²) in [6, 6.07) is 1.35. The molecule has 9 nitrogen and oxygen atoms in total. The Morgan fingerprint density at radius 1 is 1.58 bits per heavy atom. The third kappa shape index (κ3) is 3.52. The largest absolute Gasteiger partial charge is 0.481 e.